The SMILES string of the molecule is CN1CCN(c2ccc(S(=O)Oc3ccccc3)c([N+](=O)[O-])c2)CC1. The molecular formula is C17H19N3O4S. The minimum Gasteiger partial charge on any atom is -0.397 e. The van der Waals surface area contributed by atoms with Gasteiger partial charge in [0.05, 0.1) is 4.92 Å². The van der Waals surface area contributed by atoms with Crippen LogP contribution in [-0.4, -0.2) is 47.3 Å². The van der Waals surface area contributed by atoms with Crippen molar-refractivity contribution in [3.05, 3.63) is 58.6 Å². The molecular weight excluding hydrogens is 342 g/mol. The summed E-state index contributed by atoms with van der Waals surface area (Å²) in [5, 5.41) is 11.5. The zero-order chi connectivity index (χ0) is 17.8. The number of anilines is 1. The fourth-order valence-corrected chi connectivity index (χ4v) is 3.52. The fourth-order valence-electron chi connectivity index (χ4n) is 2.66. The molecule has 1 aliphatic rings. The van der Waals surface area contributed by atoms with Gasteiger partial charge in [0, 0.05) is 37.9 Å². The number of likely N-dealkylation sites (N-methyl/N-ethyl adjacent to an activating group) is 1. The molecule has 0 aromatic heterocycles. The van der Waals surface area contributed by atoms with Gasteiger partial charge >= 0.3 is 0 Å². The standard InChI is InChI=1S/C17H19N3O4S/c1-18-9-11-19(12-10-18)14-7-8-17(16(13-14)20(21)22)25(23)24-15-5-3-2-4-6-15/h2-8,13H,9-12H2,1H3. The minimum absolute atomic E-state index is 0.0618. The van der Waals surface area contributed by atoms with E-state index in [0.717, 1.165) is 31.9 Å². The first-order valence-corrected chi connectivity index (χ1v) is 8.99. The van der Waals surface area contributed by atoms with E-state index in [4.69, 9.17) is 4.18 Å². The van der Waals surface area contributed by atoms with E-state index in [2.05, 4.69) is 9.80 Å². The van der Waals surface area contributed by atoms with Crippen molar-refractivity contribution in [1.29, 1.82) is 0 Å². The molecule has 0 aliphatic carbocycles. The average Bonchev–Trinajstić information content (AvgIpc) is 2.62. The van der Waals surface area contributed by atoms with Gasteiger partial charge in [-0.25, -0.2) is 4.21 Å². The van der Waals surface area contributed by atoms with Crippen molar-refractivity contribution in [1.82, 2.24) is 4.90 Å². The van der Waals surface area contributed by atoms with Crippen molar-refractivity contribution in [3.8, 4) is 5.75 Å². The summed E-state index contributed by atoms with van der Waals surface area (Å²) >= 11 is -1.95. The molecule has 0 amide bonds. The summed E-state index contributed by atoms with van der Waals surface area (Å²) in [6.45, 7) is 3.41. The van der Waals surface area contributed by atoms with Gasteiger partial charge in [-0.3, -0.25) is 10.1 Å². The van der Waals surface area contributed by atoms with Crippen LogP contribution in [-0.2, 0) is 11.1 Å². The number of para-hydroxylation sites is 1. The average molecular weight is 361 g/mol. The van der Waals surface area contributed by atoms with Crippen molar-refractivity contribution in [2.45, 2.75) is 4.90 Å². The monoisotopic (exact) mass is 361 g/mol. The first kappa shape index (κ1) is 17.4. The maximum atomic E-state index is 12.4. The molecule has 25 heavy (non-hydrogen) atoms. The fraction of sp³-hybridized carbons (Fsp3) is 0.294. The molecule has 2 aromatic carbocycles. The normalized spacial score (nSPS) is 16.4. The van der Waals surface area contributed by atoms with E-state index in [9.17, 15) is 14.3 Å². The Morgan fingerprint density at radius 1 is 1.08 bits per heavy atom. The lowest BCUT2D eigenvalue weighted by atomic mass is 10.2. The van der Waals surface area contributed by atoms with E-state index in [1.807, 2.05) is 13.1 Å². The number of rotatable bonds is 5. The molecule has 8 heteroatoms. The quantitative estimate of drug-likeness (QED) is 0.601. The number of hydrogen-bond acceptors (Lipinski definition) is 6. The van der Waals surface area contributed by atoms with Crippen LogP contribution in [0.4, 0.5) is 11.4 Å². The van der Waals surface area contributed by atoms with Crippen LogP contribution in [0.5, 0.6) is 5.75 Å². The summed E-state index contributed by atoms with van der Waals surface area (Å²) in [5.74, 6) is 0.401. The summed E-state index contributed by atoms with van der Waals surface area (Å²) in [7, 11) is 2.05. The van der Waals surface area contributed by atoms with Crippen molar-refractivity contribution in [2.75, 3.05) is 38.1 Å². The molecule has 0 bridgehead atoms. The van der Waals surface area contributed by atoms with E-state index < -0.39 is 16.0 Å². The molecule has 0 saturated carbocycles. The molecule has 0 radical (unpaired) electrons. The molecule has 2 aromatic rings. The van der Waals surface area contributed by atoms with Gasteiger partial charge in [0.15, 0.2) is 4.90 Å². The molecule has 3 rings (SSSR count). The zero-order valence-electron chi connectivity index (χ0n) is 13.8. The summed E-state index contributed by atoms with van der Waals surface area (Å²) in [5.41, 5.74) is 0.575. The lowest BCUT2D eigenvalue weighted by Crippen LogP contribution is -2.44. The summed E-state index contributed by atoms with van der Waals surface area (Å²) in [6.07, 6.45) is 0. The van der Waals surface area contributed by atoms with Gasteiger partial charge in [0.2, 0.25) is 11.1 Å². The van der Waals surface area contributed by atoms with E-state index >= 15 is 0 Å². The van der Waals surface area contributed by atoms with Gasteiger partial charge in [-0.2, -0.15) is 0 Å². The molecule has 1 fully saturated rings. The maximum absolute atomic E-state index is 12.4. The Hall–Kier alpha value is -2.45. The van der Waals surface area contributed by atoms with Gasteiger partial charge < -0.3 is 14.0 Å². The van der Waals surface area contributed by atoms with Gasteiger partial charge in [0.1, 0.15) is 5.75 Å². The number of nitro groups is 1. The van der Waals surface area contributed by atoms with Crippen molar-refractivity contribution < 1.29 is 13.3 Å². The Bertz CT molecular complexity index is 777. The molecule has 0 spiro atoms. The van der Waals surface area contributed by atoms with E-state index in [1.54, 1.807) is 30.3 Å². The minimum atomic E-state index is -1.95. The third-order valence-electron chi connectivity index (χ3n) is 4.10. The third-order valence-corrected chi connectivity index (χ3v) is 5.15. The van der Waals surface area contributed by atoms with E-state index in [0.29, 0.717) is 5.75 Å². The predicted molar refractivity (Wildman–Crippen MR) is 96.3 cm³/mol. The second-order valence-corrected chi connectivity index (χ2v) is 6.91. The van der Waals surface area contributed by atoms with Crippen molar-refractivity contribution in [2.24, 2.45) is 0 Å². The lowest BCUT2D eigenvalue weighted by Gasteiger charge is -2.34. The summed E-state index contributed by atoms with van der Waals surface area (Å²) in [4.78, 5) is 15.3. The Kier molecular flexibility index (Phi) is 5.30. The van der Waals surface area contributed by atoms with Crippen LogP contribution in [0.2, 0.25) is 0 Å². The highest BCUT2D eigenvalue weighted by atomic mass is 32.2. The van der Waals surface area contributed by atoms with Crippen molar-refractivity contribution >= 4 is 22.5 Å². The Morgan fingerprint density at radius 2 is 1.76 bits per heavy atom. The highest BCUT2D eigenvalue weighted by molar-refractivity contribution is 7.80. The molecule has 1 aliphatic heterocycles. The van der Waals surface area contributed by atoms with Crippen LogP contribution >= 0.6 is 0 Å². The lowest BCUT2D eigenvalue weighted by molar-refractivity contribution is -0.387. The molecule has 1 heterocycles. The number of nitrogens with zero attached hydrogens (tertiary/aromatic N) is 3. The van der Waals surface area contributed by atoms with Crippen LogP contribution in [0, 0.1) is 10.1 Å². The first-order chi connectivity index (χ1) is 12.0. The molecule has 0 N–H and O–H groups in total. The molecule has 1 atom stereocenters. The smallest absolute Gasteiger partial charge is 0.291 e. The summed E-state index contributed by atoms with van der Waals surface area (Å²) < 4.78 is 17.8. The Balaban J connectivity index is 1.84. The maximum Gasteiger partial charge on any atom is 0.291 e. The Labute approximate surface area is 148 Å². The highest BCUT2D eigenvalue weighted by Gasteiger charge is 2.24. The first-order valence-electron chi connectivity index (χ1n) is 7.91. The van der Waals surface area contributed by atoms with E-state index in [1.165, 1.54) is 12.1 Å². The highest BCUT2D eigenvalue weighted by Crippen LogP contribution is 2.29. The van der Waals surface area contributed by atoms with Crippen LogP contribution in [0.15, 0.2) is 53.4 Å². The van der Waals surface area contributed by atoms with Crippen LogP contribution in [0.25, 0.3) is 0 Å². The van der Waals surface area contributed by atoms with Gasteiger partial charge in [0.25, 0.3) is 5.69 Å². The molecule has 7 nitrogen and oxygen atoms in total. The molecule has 1 unspecified atom stereocenters. The predicted octanol–water partition coefficient (Wildman–Crippen LogP) is 2.45. The number of benzene rings is 2. The second-order valence-electron chi connectivity index (χ2n) is 5.83. The van der Waals surface area contributed by atoms with Gasteiger partial charge in [-0.05, 0) is 31.3 Å². The Morgan fingerprint density at radius 3 is 2.40 bits per heavy atom. The van der Waals surface area contributed by atoms with Gasteiger partial charge in [-0.1, -0.05) is 18.2 Å². The van der Waals surface area contributed by atoms with E-state index in [-0.39, 0.29) is 10.6 Å². The molecule has 1 saturated heterocycles. The third kappa shape index (κ3) is 4.15. The number of nitro benzene ring substituents is 1. The van der Waals surface area contributed by atoms with Gasteiger partial charge in [-0.15, -0.1) is 0 Å². The van der Waals surface area contributed by atoms with Crippen LogP contribution in [0.1, 0.15) is 0 Å². The summed E-state index contributed by atoms with van der Waals surface area (Å²) in [6, 6.07) is 13.4. The number of hydrogen-bond donors (Lipinski definition) is 0. The van der Waals surface area contributed by atoms with Crippen molar-refractivity contribution in [3.63, 3.8) is 0 Å². The number of piperazine rings is 1. The largest absolute Gasteiger partial charge is 0.397 e. The second kappa shape index (κ2) is 7.62. The topological polar surface area (TPSA) is 75.9 Å². The molecule has 132 valence electrons. The van der Waals surface area contributed by atoms with Crippen LogP contribution in [0.3, 0.4) is 0 Å². The zero-order valence-corrected chi connectivity index (χ0v) is 14.6. The van der Waals surface area contributed by atoms with Crippen LogP contribution < -0.4 is 9.08 Å².